The number of ether oxygens (including phenoxy) is 1. The number of nitrogens with zero attached hydrogens (tertiary/aromatic N) is 1. The smallest absolute Gasteiger partial charge is 0.147 e. The van der Waals surface area contributed by atoms with Crippen molar-refractivity contribution in [3.05, 3.63) is 29.6 Å². The number of aliphatic hydroxyl groups excluding tert-OH is 1. The standard InChI is InChI=1S/C12H17FN2O2S/c1-15(6-9(16)7-17-2)11-4-3-8(12(14)18)5-10(11)13/h3-5,9,16H,6-7H2,1-2H3,(H2,14,18). The molecule has 0 aliphatic rings. The molecule has 1 aromatic carbocycles. The second kappa shape index (κ2) is 6.63. The van der Waals surface area contributed by atoms with Crippen LogP contribution in [0, 0.1) is 5.82 Å². The summed E-state index contributed by atoms with van der Waals surface area (Å²) in [6, 6.07) is 4.53. The molecule has 0 amide bonds. The number of rotatable bonds is 6. The highest BCUT2D eigenvalue weighted by Gasteiger charge is 2.13. The molecule has 0 aliphatic carbocycles. The molecule has 18 heavy (non-hydrogen) atoms. The molecule has 0 saturated carbocycles. The number of benzene rings is 1. The maximum absolute atomic E-state index is 13.8. The van der Waals surface area contributed by atoms with E-state index in [4.69, 9.17) is 22.7 Å². The summed E-state index contributed by atoms with van der Waals surface area (Å²) >= 11 is 4.78. The first-order chi connectivity index (χ1) is 8.45. The van der Waals surface area contributed by atoms with E-state index < -0.39 is 11.9 Å². The van der Waals surface area contributed by atoms with Gasteiger partial charge in [-0.15, -0.1) is 0 Å². The van der Waals surface area contributed by atoms with Crippen molar-refractivity contribution >= 4 is 22.9 Å². The summed E-state index contributed by atoms with van der Waals surface area (Å²) in [4.78, 5) is 1.77. The number of likely N-dealkylation sites (N-methyl/N-ethyl adjacent to an activating group) is 1. The largest absolute Gasteiger partial charge is 0.389 e. The van der Waals surface area contributed by atoms with Crippen LogP contribution < -0.4 is 10.6 Å². The van der Waals surface area contributed by atoms with E-state index >= 15 is 0 Å². The van der Waals surface area contributed by atoms with Crippen molar-refractivity contribution < 1.29 is 14.2 Å². The van der Waals surface area contributed by atoms with Crippen LogP contribution in [0.2, 0.25) is 0 Å². The number of hydrogen-bond acceptors (Lipinski definition) is 4. The molecular formula is C12H17FN2O2S. The Kier molecular flexibility index (Phi) is 5.46. The predicted molar refractivity (Wildman–Crippen MR) is 73.4 cm³/mol. The lowest BCUT2D eigenvalue weighted by Gasteiger charge is -2.23. The molecule has 6 heteroatoms. The van der Waals surface area contributed by atoms with Gasteiger partial charge in [0, 0.05) is 26.3 Å². The van der Waals surface area contributed by atoms with E-state index in [2.05, 4.69) is 0 Å². The maximum Gasteiger partial charge on any atom is 0.147 e. The molecular weight excluding hydrogens is 255 g/mol. The number of aliphatic hydroxyl groups is 1. The van der Waals surface area contributed by atoms with E-state index in [1.54, 1.807) is 24.1 Å². The van der Waals surface area contributed by atoms with Crippen LogP contribution >= 0.6 is 12.2 Å². The lowest BCUT2D eigenvalue weighted by atomic mass is 10.2. The fraction of sp³-hybridized carbons (Fsp3) is 0.417. The van der Waals surface area contributed by atoms with Gasteiger partial charge in [-0.1, -0.05) is 12.2 Å². The summed E-state index contributed by atoms with van der Waals surface area (Å²) < 4.78 is 18.6. The average Bonchev–Trinajstić information content (AvgIpc) is 2.28. The van der Waals surface area contributed by atoms with Crippen LogP contribution in [0.5, 0.6) is 0 Å². The first-order valence-corrected chi connectivity index (χ1v) is 5.84. The van der Waals surface area contributed by atoms with E-state index in [9.17, 15) is 9.50 Å². The van der Waals surface area contributed by atoms with Gasteiger partial charge in [-0.05, 0) is 18.2 Å². The van der Waals surface area contributed by atoms with Gasteiger partial charge in [-0.25, -0.2) is 4.39 Å². The molecule has 0 heterocycles. The molecule has 0 aliphatic heterocycles. The number of halogens is 1. The Morgan fingerprint density at radius 2 is 2.28 bits per heavy atom. The van der Waals surface area contributed by atoms with Gasteiger partial charge in [0.15, 0.2) is 0 Å². The van der Waals surface area contributed by atoms with Crippen molar-refractivity contribution in [2.75, 3.05) is 32.2 Å². The summed E-state index contributed by atoms with van der Waals surface area (Å²) in [6.07, 6.45) is -0.672. The lowest BCUT2D eigenvalue weighted by Crippen LogP contribution is -2.32. The van der Waals surface area contributed by atoms with E-state index in [1.165, 1.54) is 13.2 Å². The van der Waals surface area contributed by atoms with Gasteiger partial charge in [0.2, 0.25) is 0 Å². The van der Waals surface area contributed by atoms with Gasteiger partial charge < -0.3 is 20.5 Å². The number of nitrogens with two attached hydrogens (primary N) is 1. The molecule has 3 N–H and O–H groups in total. The Morgan fingerprint density at radius 1 is 1.61 bits per heavy atom. The van der Waals surface area contributed by atoms with Crippen LogP contribution in [0.25, 0.3) is 0 Å². The summed E-state index contributed by atoms with van der Waals surface area (Å²) in [6.45, 7) is 0.480. The van der Waals surface area contributed by atoms with Crippen molar-refractivity contribution in [1.29, 1.82) is 0 Å². The number of hydrogen-bond donors (Lipinski definition) is 2. The Hall–Kier alpha value is -1.24. The molecule has 1 atom stereocenters. The van der Waals surface area contributed by atoms with Crippen molar-refractivity contribution in [1.82, 2.24) is 0 Å². The molecule has 0 spiro atoms. The maximum atomic E-state index is 13.8. The quantitative estimate of drug-likeness (QED) is 0.754. The number of anilines is 1. The van der Waals surface area contributed by atoms with Gasteiger partial charge in [-0.3, -0.25) is 0 Å². The molecule has 100 valence electrons. The second-order valence-corrected chi connectivity index (χ2v) is 4.46. The van der Waals surface area contributed by atoms with Gasteiger partial charge in [-0.2, -0.15) is 0 Å². The van der Waals surface area contributed by atoms with Crippen LogP contribution in [0.15, 0.2) is 18.2 Å². The van der Waals surface area contributed by atoms with Crippen LogP contribution in [-0.4, -0.2) is 43.5 Å². The van der Waals surface area contributed by atoms with Gasteiger partial charge >= 0.3 is 0 Å². The molecule has 0 fully saturated rings. The molecule has 0 bridgehead atoms. The number of methoxy groups -OCH3 is 1. The summed E-state index contributed by atoms with van der Waals surface area (Å²) in [5.41, 5.74) is 6.29. The first-order valence-electron chi connectivity index (χ1n) is 5.43. The topological polar surface area (TPSA) is 58.7 Å². The normalized spacial score (nSPS) is 12.2. The summed E-state index contributed by atoms with van der Waals surface area (Å²) in [5.74, 6) is -0.424. The van der Waals surface area contributed by atoms with Crippen LogP contribution in [0.4, 0.5) is 10.1 Å². The van der Waals surface area contributed by atoms with Crippen LogP contribution in [-0.2, 0) is 4.74 Å². The SMILES string of the molecule is COCC(O)CN(C)c1ccc(C(N)=S)cc1F. The van der Waals surface area contributed by atoms with Gasteiger partial charge in [0.25, 0.3) is 0 Å². The first kappa shape index (κ1) is 14.8. The van der Waals surface area contributed by atoms with E-state index in [0.29, 0.717) is 11.3 Å². The van der Waals surface area contributed by atoms with Gasteiger partial charge in [0.1, 0.15) is 10.8 Å². The molecule has 1 aromatic rings. The minimum Gasteiger partial charge on any atom is -0.389 e. The minimum absolute atomic E-state index is 0.155. The Morgan fingerprint density at radius 3 is 2.78 bits per heavy atom. The third-order valence-electron chi connectivity index (χ3n) is 2.49. The Labute approximate surface area is 111 Å². The highest BCUT2D eigenvalue weighted by Crippen LogP contribution is 2.19. The van der Waals surface area contributed by atoms with E-state index in [-0.39, 0.29) is 18.1 Å². The van der Waals surface area contributed by atoms with E-state index in [0.717, 1.165) is 0 Å². The molecule has 0 aromatic heterocycles. The molecule has 0 radical (unpaired) electrons. The molecule has 4 nitrogen and oxygen atoms in total. The van der Waals surface area contributed by atoms with Crippen molar-refractivity contribution in [3.63, 3.8) is 0 Å². The summed E-state index contributed by atoms with van der Waals surface area (Å²) in [5, 5.41) is 9.58. The van der Waals surface area contributed by atoms with Crippen LogP contribution in [0.1, 0.15) is 5.56 Å². The third kappa shape index (κ3) is 3.90. The third-order valence-corrected chi connectivity index (χ3v) is 2.72. The fourth-order valence-electron chi connectivity index (χ4n) is 1.63. The van der Waals surface area contributed by atoms with Gasteiger partial charge in [0.05, 0.1) is 18.4 Å². The van der Waals surface area contributed by atoms with Crippen LogP contribution in [0.3, 0.4) is 0 Å². The molecule has 1 rings (SSSR count). The van der Waals surface area contributed by atoms with Crippen molar-refractivity contribution in [2.45, 2.75) is 6.10 Å². The summed E-state index contributed by atoms with van der Waals surface area (Å²) in [7, 11) is 3.19. The zero-order valence-corrected chi connectivity index (χ0v) is 11.2. The number of thiocarbonyl (C=S) groups is 1. The fourth-order valence-corrected chi connectivity index (χ4v) is 1.76. The monoisotopic (exact) mass is 272 g/mol. The van der Waals surface area contributed by atoms with E-state index in [1.807, 2.05) is 0 Å². The molecule has 0 saturated heterocycles. The lowest BCUT2D eigenvalue weighted by molar-refractivity contribution is 0.0694. The zero-order valence-electron chi connectivity index (χ0n) is 10.4. The highest BCUT2D eigenvalue weighted by atomic mass is 32.1. The Bertz CT molecular complexity index is 429. The molecule has 1 unspecified atom stereocenters. The van der Waals surface area contributed by atoms with Crippen molar-refractivity contribution in [3.8, 4) is 0 Å². The van der Waals surface area contributed by atoms with Crippen molar-refractivity contribution in [2.24, 2.45) is 5.73 Å². The average molecular weight is 272 g/mol. The highest BCUT2D eigenvalue weighted by molar-refractivity contribution is 7.80. The zero-order chi connectivity index (χ0) is 13.7. The second-order valence-electron chi connectivity index (χ2n) is 4.02. The minimum atomic E-state index is -0.672. The predicted octanol–water partition coefficient (Wildman–Crippen LogP) is 0.903. The Balaban J connectivity index is 2.80.